The molecule has 2 aliphatic rings. The first-order valence-corrected chi connectivity index (χ1v) is 6.90. The maximum atomic E-state index is 14.0. The Balaban J connectivity index is 2.26. The summed E-state index contributed by atoms with van der Waals surface area (Å²) < 4.78 is 77.7. The molecule has 2 unspecified atom stereocenters. The van der Waals surface area contributed by atoms with Crippen LogP contribution < -0.4 is 5.32 Å². The van der Waals surface area contributed by atoms with Crippen LogP contribution in [0.4, 0.5) is 23.7 Å². The van der Waals surface area contributed by atoms with E-state index in [9.17, 15) is 18.0 Å². The van der Waals surface area contributed by atoms with Crippen molar-refractivity contribution in [2.45, 2.75) is 32.0 Å². The molecule has 1 aliphatic carbocycles. The van der Waals surface area contributed by atoms with Crippen molar-refractivity contribution in [3.63, 3.8) is 0 Å². The van der Waals surface area contributed by atoms with E-state index >= 15 is 0 Å². The number of rotatable bonds is 0. The molecule has 7 heteroatoms. The van der Waals surface area contributed by atoms with Crippen LogP contribution in [0.3, 0.4) is 0 Å². The lowest BCUT2D eigenvalue weighted by Gasteiger charge is -2.36. The van der Waals surface area contributed by atoms with Gasteiger partial charge in [-0.1, -0.05) is 24.4 Å². The number of aryl methyl sites for hydroxylation is 1. The fraction of sp³-hybridized carbons (Fsp3) is 0.438. The third kappa shape index (κ3) is 2.63. The first-order valence-electron chi connectivity index (χ1n) is 8.52. The molecule has 23 heavy (non-hydrogen) atoms. The Labute approximate surface area is 141 Å². The molecule has 1 amide bonds. The Morgan fingerprint density at radius 2 is 2.22 bits per heavy atom. The van der Waals surface area contributed by atoms with Gasteiger partial charge in [-0.25, -0.2) is 4.79 Å². The normalized spacial score (nSPS) is 40.0. The molecule has 3 atom stereocenters. The maximum Gasteiger partial charge on any atom is 0.445 e. The predicted molar refractivity (Wildman–Crippen MR) is 79.1 cm³/mol. The average molecular weight is 348 g/mol. The van der Waals surface area contributed by atoms with Crippen LogP contribution in [0.15, 0.2) is 12.1 Å². The summed E-state index contributed by atoms with van der Waals surface area (Å²) in [5, 5.41) is 2.14. The lowest BCUT2D eigenvalue weighted by molar-refractivity contribution is -0.239. The quantitative estimate of drug-likeness (QED) is 0.695. The van der Waals surface area contributed by atoms with Gasteiger partial charge in [0.15, 0.2) is 0 Å². The summed E-state index contributed by atoms with van der Waals surface area (Å²) in [6.45, 7) is 2.60. The molecule has 1 aromatic carbocycles. The Morgan fingerprint density at radius 1 is 1.57 bits per heavy atom. The van der Waals surface area contributed by atoms with Crippen LogP contribution in [0.2, 0.25) is 5.02 Å². The summed E-state index contributed by atoms with van der Waals surface area (Å²) in [6.07, 6.45) is -9.06. The number of carbonyl (C=O) groups excluding carboxylic acids is 1. The molecule has 0 aromatic heterocycles. The third-order valence-corrected chi connectivity index (χ3v) is 3.96. The van der Waals surface area contributed by atoms with E-state index in [0.29, 0.717) is 5.56 Å². The number of benzene rings is 1. The summed E-state index contributed by atoms with van der Waals surface area (Å²) in [5.74, 6) is -0.780. The summed E-state index contributed by atoms with van der Waals surface area (Å²) >= 11 is 5.94. The number of ether oxygens (including phenoxy) is 1. The number of halogens is 4. The predicted octanol–water partition coefficient (Wildman–Crippen LogP) is 4.63. The zero-order valence-corrected chi connectivity index (χ0v) is 12.7. The smallest absolute Gasteiger partial charge is 0.415 e. The van der Waals surface area contributed by atoms with E-state index in [2.05, 4.69) is 10.1 Å². The lowest BCUT2D eigenvalue weighted by atomic mass is 9.89. The summed E-state index contributed by atoms with van der Waals surface area (Å²) in [4.78, 5) is 11.8. The number of anilines is 1. The molecule has 1 heterocycles. The molecule has 1 aromatic rings. The van der Waals surface area contributed by atoms with Crippen molar-refractivity contribution in [1.29, 1.82) is 0 Å². The second-order valence-corrected chi connectivity index (χ2v) is 5.62. The number of amides is 1. The lowest BCUT2D eigenvalue weighted by Crippen LogP contribution is -2.49. The van der Waals surface area contributed by atoms with Gasteiger partial charge in [0, 0.05) is 22.0 Å². The van der Waals surface area contributed by atoms with Crippen molar-refractivity contribution >= 4 is 23.4 Å². The van der Waals surface area contributed by atoms with E-state index in [-0.39, 0.29) is 10.7 Å². The molecule has 0 spiro atoms. The summed E-state index contributed by atoms with van der Waals surface area (Å²) in [6, 6.07) is 2.20. The van der Waals surface area contributed by atoms with Crippen LogP contribution in [0.5, 0.6) is 0 Å². The Morgan fingerprint density at radius 3 is 2.78 bits per heavy atom. The number of alkyl halides is 3. The first kappa shape index (κ1) is 11.6. The van der Waals surface area contributed by atoms with Crippen molar-refractivity contribution in [2.24, 2.45) is 11.8 Å². The van der Waals surface area contributed by atoms with Crippen LogP contribution in [-0.2, 0) is 10.3 Å². The van der Waals surface area contributed by atoms with Crippen LogP contribution in [0, 0.1) is 30.6 Å². The minimum atomic E-state index is -5.21. The van der Waals surface area contributed by atoms with Gasteiger partial charge in [0.25, 0.3) is 5.60 Å². The Hall–Kier alpha value is -1.87. The molecule has 1 N–H and O–H groups in total. The van der Waals surface area contributed by atoms with E-state index in [0.717, 1.165) is 13.0 Å². The molecule has 122 valence electrons. The SMILES string of the molecule is [2H]C1([2H])C([2H])(C)C1([2H])C#C[C@]1(C(F)(F)F)OC(=O)Nc2cc(C)c(Cl)cc21. The highest BCUT2D eigenvalue weighted by Crippen LogP contribution is 2.49. The van der Waals surface area contributed by atoms with Gasteiger partial charge >= 0.3 is 12.3 Å². The minimum absolute atomic E-state index is 0.0170. The topological polar surface area (TPSA) is 38.3 Å². The largest absolute Gasteiger partial charge is 0.445 e. The number of hydrogen-bond donors (Lipinski definition) is 1. The molecular formula is C16H13ClF3NO2. The molecule has 0 saturated heterocycles. The zero-order valence-electron chi connectivity index (χ0n) is 16.0. The van der Waals surface area contributed by atoms with Crippen LogP contribution in [-0.4, -0.2) is 12.3 Å². The monoisotopic (exact) mass is 347 g/mol. The molecule has 1 saturated carbocycles. The fourth-order valence-corrected chi connectivity index (χ4v) is 2.38. The van der Waals surface area contributed by atoms with Crippen LogP contribution >= 0.6 is 11.6 Å². The van der Waals surface area contributed by atoms with E-state index in [1.165, 1.54) is 13.0 Å². The number of fused-ring (bicyclic) bond motifs is 1. The second-order valence-electron chi connectivity index (χ2n) is 5.22. The zero-order chi connectivity index (χ0) is 20.6. The number of hydrogen-bond acceptors (Lipinski definition) is 2. The van der Waals surface area contributed by atoms with Gasteiger partial charge in [0.1, 0.15) is 0 Å². The number of cyclic esters (lactones) is 1. The molecule has 0 radical (unpaired) electrons. The van der Waals surface area contributed by atoms with Gasteiger partial charge in [0.2, 0.25) is 0 Å². The minimum Gasteiger partial charge on any atom is -0.415 e. The average Bonchev–Trinajstić information content (AvgIpc) is 2.82. The molecular weight excluding hydrogens is 331 g/mol. The molecule has 0 bridgehead atoms. The highest BCUT2D eigenvalue weighted by Gasteiger charge is 2.62. The summed E-state index contributed by atoms with van der Waals surface area (Å²) in [5.41, 5.74) is -3.80. The van der Waals surface area contributed by atoms with Gasteiger partial charge in [-0.15, -0.1) is 0 Å². The molecule has 3 rings (SSSR count). The third-order valence-electron chi connectivity index (χ3n) is 3.55. The van der Waals surface area contributed by atoms with Gasteiger partial charge < -0.3 is 4.74 Å². The van der Waals surface area contributed by atoms with Crippen LogP contribution in [0.25, 0.3) is 0 Å². The van der Waals surface area contributed by atoms with Crippen molar-refractivity contribution in [3.8, 4) is 11.8 Å². The molecule has 3 nitrogen and oxygen atoms in total. The Kier molecular flexibility index (Phi) is 2.56. The van der Waals surface area contributed by atoms with Gasteiger partial charge in [0.05, 0.1) is 5.69 Å². The van der Waals surface area contributed by atoms with Gasteiger partial charge in [-0.05, 0) is 42.8 Å². The van der Waals surface area contributed by atoms with E-state index in [4.69, 9.17) is 17.1 Å². The Bertz CT molecular complexity index is 909. The van der Waals surface area contributed by atoms with Gasteiger partial charge in [-0.2, -0.15) is 13.2 Å². The highest BCUT2D eigenvalue weighted by molar-refractivity contribution is 6.31. The fourth-order valence-electron chi connectivity index (χ4n) is 2.21. The highest BCUT2D eigenvalue weighted by atomic mass is 35.5. The van der Waals surface area contributed by atoms with Crippen molar-refractivity contribution < 1.29 is 28.2 Å². The van der Waals surface area contributed by atoms with Crippen molar-refractivity contribution in [1.82, 2.24) is 0 Å². The van der Waals surface area contributed by atoms with E-state index < -0.39 is 41.6 Å². The first-order chi connectivity index (χ1) is 12.1. The molecule has 1 aliphatic heterocycles. The second kappa shape index (κ2) is 5.07. The van der Waals surface area contributed by atoms with Crippen molar-refractivity contribution in [3.05, 3.63) is 28.3 Å². The standard InChI is InChI=1S/C16H13ClF3NO2/c1-8-5-10(8)3-4-15(16(18,19)20)11-7-12(17)9(2)6-13(11)21-14(22)23-15/h6-8,10H,5H2,1-2H3,(H,21,22)/t8?,10?,15-/m0/s1/i5D2,8D,10D. The van der Waals surface area contributed by atoms with Gasteiger partial charge in [-0.3, -0.25) is 5.32 Å². The number of nitrogens with one attached hydrogen (secondary N) is 1. The summed E-state index contributed by atoms with van der Waals surface area (Å²) in [7, 11) is 0. The van der Waals surface area contributed by atoms with E-state index in [1.807, 2.05) is 5.92 Å². The maximum absolute atomic E-state index is 14.0. The van der Waals surface area contributed by atoms with Crippen molar-refractivity contribution in [2.75, 3.05) is 5.32 Å². The number of carbonyl (C=O) groups is 1. The van der Waals surface area contributed by atoms with Crippen LogP contribution in [0.1, 0.15) is 29.9 Å². The molecule has 1 fully saturated rings. The van der Waals surface area contributed by atoms with E-state index in [1.54, 1.807) is 5.92 Å².